The normalized spacial score (nSPS) is 10.7. The summed E-state index contributed by atoms with van der Waals surface area (Å²) in [6.07, 6.45) is 1.46. The van der Waals surface area contributed by atoms with Crippen molar-refractivity contribution in [1.82, 2.24) is 9.97 Å². The maximum atomic E-state index is 12.3. The predicted octanol–water partition coefficient (Wildman–Crippen LogP) is 3.48. The molecular formula is C17H16FN3O4S2. The molecule has 0 radical (unpaired) electrons. The molecule has 0 atom stereocenters. The smallest absolute Gasteiger partial charge is 0.296 e. The van der Waals surface area contributed by atoms with Gasteiger partial charge in [0.1, 0.15) is 11.5 Å². The molecule has 1 aromatic carbocycles. The summed E-state index contributed by atoms with van der Waals surface area (Å²) >= 11 is 0.681. The van der Waals surface area contributed by atoms with Crippen LogP contribution >= 0.6 is 11.3 Å². The maximum Gasteiger partial charge on any atom is 0.306 e. The minimum absolute atomic E-state index is 0.0841. The molecule has 0 aliphatic carbocycles. The van der Waals surface area contributed by atoms with Gasteiger partial charge in [-0.15, -0.1) is 0 Å². The molecule has 0 aliphatic rings. The van der Waals surface area contributed by atoms with Gasteiger partial charge in [0, 0.05) is 6.20 Å². The standard InChI is InChI=1S/C10H9N3O4S2.C7H7F/c1-6-9(19(15,16)17)18-10(12-6)13-8(14)7-4-2-3-5-11-7;1-6-4-2-3-5-7(6)8/h2-5H,1H3,(H,12,13,14)(H,15,16,17);2-5H,1H3. The van der Waals surface area contributed by atoms with Gasteiger partial charge in [0.2, 0.25) is 0 Å². The number of carbonyl (C=O) groups excluding carboxylic acids is 1. The van der Waals surface area contributed by atoms with Crippen LogP contribution in [0.2, 0.25) is 0 Å². The molecule has 2 aromatic heterocycles. The summed E-state index contributed by atoms with van der Waals surface area (Å²) in [4.78, 5) is 19.5. The Hall–Kier alpha value is -2.69. The van der Waals surface area contributed by atoms with Crippen LogP contribution in [-0.4, -0.2) is 28.8 Å². The Balaban J connectivity index is 0.000000273. The first kappa shape index (κ1) is 20.6. The molecule has 0 bridgehead atoms. The van der Waals surface area contributed by atoms with Gasteiger partial charge in [-0.2, -0.15) is 8.42 Å². The minimum Gasteiger partial charge on any atom is -0.296 e. The number of pyridine rings is 1. The molecule has 3 aromatic rings. The van der Waals surface area contributed by atoms with E-state index in [9.17, 15) is 17.6 Å². The summed E-state index contributed by atoms with van der Waals surface area (Å²) in [5.41, 5.74) is 1.01. The van der Waals surface area contributed by atoms with E-state index in [1.165, 1.54) is 25.3 Å². The second kappa shape index (κ2) is 8.80. The van der Waals surface area contributed by atoms with Crippen molar-refractivity contribution in [3.63, 3.8) is 0 Å². The molecule has 0 saturated heterocycles. The van der Waals surface area contributed by atoms with Crippen LogP contribution in [0.3, 0.4) is 0 Å². The van der Waals surface area contributed by atoms with Gasteiger partial charge in [-0.05, 0) is 37.6 Å². The first-order valence-electron chi connectivity index (χ1n) is 7.57. The van der Waals surface area contributed by atoms with Crippen molar-refractivity contribution in [3.8, 4) is 0 Å². The van der Waals surface area contributed by atoms with Crippen molar-refractivity contribution in [2.75, 3.05) is 5.32 Å². The van der Waals surface area contributed by atoms with E-state index >= 15 is 0 Å². The number of benzene rings is 1. The van der Waals surface area contributed by atoms with E-state index in [1.807, 2.05) is 6.07 Å². The molecule has 10 heteroatoms. The Kier molecular flexibility index (Phi) is 6.72. The Morgan fingerprint density at radius 1 is 1.15 bits per heavy atom. The lowest BCUT2D eigenvalue weighted by Gasteiger charge is -1.99. The molecule has 7 nitrogen and oxygen atoms in total. The van der Waals surface area contributed by atoms with E-state index in [0.29, 0.717) is 16.9 Å². The molecule has 0 spiro atoms. The summed E-state index contributed by atoms with van der Waals surface area (Å²) in [6.45, 7) is 3.17. The molecule has 1 amide bonds. The number of nitrogens with zero attached hydrogens (tertiary/aromatic N) is 2. The predicted molar refractivity (Wildman–Crippen MR) is 100.0 cm³/mol. The number of amides is 1. The molecule has 0 aliphatic heterocycles. The van der Waals surface area contributed by atoms with Crippen LogP contribution in [0.5, 0.6) is 0 Å². The lowest BCUT2D eigenvalue weighted by atomic mass is 10.2. The number of carbonyl (C=O) groups is 1. The van der Waals surface area contributed by atoms with Crippen molar-refractivity contribution >= 4 is 32.5 Å². The van der Waals surface area contributed by atoms with E-state index in [-0.39, 0.29) is 26.5 Å². The molecule has 0 fully saturated rings. The molecule has 3 rings (SSSR count). The van der Waals surface area contributed by atoms with Crippen LogP contribution in [0.4, 0.5) is 9.52 Å². The lowest BCUT2D eigenvalue weighted by Crippen LogP contribution is -2.13. The summed E-state index contributed by atoms with van der Waals surface area (Å²) in [6, 6.07) is 11.5. The first-order valence-corrected chi connectivity index (χ1v) is 9.82. The molecule has 0 saturated carbocycles. The minimum atomic E-state index is -4.32. The third-order valence-electron chi connectivity index (χ3n) is 3.18. The van der Waals surface area contributed by atoms with E-state index in [4.69, 9.17) is 4.55 Å². The average Bonchev–Trinajstić information content (AvgIpc) is 2.99. The summed E-state index contributed by atoms with van der Waals surface area (Å²) in [5, 5.41) is 2.51. The maximum absolute atomic E-state index is 12.3. The van der Waals surface area contributed by atoms with Gasteiger partial charge in [0.05, 0.1) is 5.69 Å². The Morgan fingerprint density at radius 3 is 2.30 bits per heavy atom. The summed E-state index contributed by atoms with van der Waals surface area (Å²) in [7, 11) is -4.32. The van der Waals surface area contributed by atoms with Crippen molar-refractivity contribution < 1.29 is 22.2 Å². The van der Waals surface area contributed by atoms with Gasteiger partial charge in [-0.1, -0.05) is 35.6 Å². The zero-order valence-corrected chi connectivity index (χ0v) is 16.0. The highest BCUT2D eigenvalue weighted by atomic mass is 32.3. The number of nitrogens with one attached hydrogen (secondary N) is 1. The van der Waals surface area contributed by atoms with Crippen molar-refractivity contribution in [2.24, 2.45) is 0 Å². The molecule has 142 valence electrons. The SMILES string of the molecule is Cc1ccccc1F.Cc1nc(NC(=O)c2ccccn2)sc1S(=O)(=O)O. The third kappa shape index (κ3) is 5.91. The highest BCUT2D eigenvalue weighted by Crippen LogP contribution is 2.26. The zero-order chi connectivity index (χ0) is 20.0. The van der Waals surface area contributed by atoms with Gasteiger partial charge >= 0.3 is 10.1 Å². The number of aromatic nitrogens is 2. The number of rotatable bonds is 3. The van der Waals surface area contributed by atoms with E-state index in [2.05, 4.69) is 15.3 Å². The monoisotopic (exact) mass is 409 g/mol. The fourth-order valence-corrected chi connectivity index (χ4v) is 3.66. The topological polar surface area (TPSA) is 109 Å². The fraction of sp³-hybridized carbons (Fsp3) is 0.118. The molecule has 0 unspecified atom stereocenters. The fourth-order valence-electron chi connectivity index (χ4n) is 1.88. The van der Waals surface area contributed by atoms with Crippen LogP contribution in [-0.2, 0) is 10.1 Å². The molecule has 2 heterocycles. The number of anilines is 1. The van der Waals surface area contributed by atoms with Gasteiger partial charge < -0.3 is 0 Å². The van der Waals surface area contributed by atoms with Crippen LogP contribution in [0, 0.1) is 19.7 Å². The van der Waals surface area contributed by atoms with Crippen LogP contribution in [0.1, 0.15) is 21.7 Å². The number of aryl methyl sites for hydroxylation is 2. The van der Waals surface area contributed by atoms with E-state index in [0.717, 1.165) is 0 Å². The first-order chi connectivity index (χ1) is 12.7. The van der Waals surface area contributed by atoms with Crippen molar-refractivity contribution in [2.45, 2.75) is 18.1 Å². The Bertz CT molecular complexity index is 1020. The van der Waals surface area contributed by atoms with Crippen LogP contribution < -0.4 is 5.32 Å². The second-order valence-electron chi connectivity index (χ2n) is 5.29. The number of thiazole rings is 1. The van der Waals surface area contributed by atoms with Crippen LogP contribution in [0.15, 0.2) is 52.9 Å². The van der Waals surface area contributed by atoms with E-state index in [1.54, 1.807) is 31.2 Å². The van der Waals surface area contributed by atoms with Gasteiger partial charge in [0.15, 0.2) is 9.34 Å². The second-order valence-corrected chi connectivity index (χ2v) is 7.90. The number of halogens is 1. The Morgan fingerprint density at radius 2 is 1.81 bits per heavy atom. The number of hydrogen-bond donors (Lipinski definition) is 2. The zero-order valence-electron chi connectivity index (χ0n) is 14.4. The van der Waals surface area contributed by atoms with Crippen molar-refractivity contribution in [1.29, 1.82) is 0 Å². The quantitative estimate of drug-likeness (QED) is 0.641. The third-order valence-corrected chi connectivity index (χ3v) is 5.70. The highest BCUT2D eigenvalue weighted by molar-refractivity contribution is 7.88. The Labute approximate surface area is 159 Å². The van der Waals surface area contributed by atoms with Crippen LogP contribution in [0.25, 0.3) is 0 Å². The molecule has 2 N–H and O–H groups in total. The van der Waals surface area contributed by atoms with Gasteiger partial charge in [-0.25, -0.2) is 9.37 Å². The molecule has 27 heavy (non-hydrogen) atoms. The lowest BCUT2D eigenvalue weighted by molar-refractivity contribution is 0.102. The van der Waals surface area contributed by atoms with Gasteiger partial charge in [0.25, 0.3) is 5.91 Å². The van der Waals surface area contributed by atoms with E-state index < -0.39 is 16.0 Å². The average molecular weight is 409 g/mol. The number of hydrogen-bond acceptors (Lipinski definition) is 6. The summed E-state index contributed by atoms with van der Waals surface area (Å²) in [5.74, 6) is -0.635. The largest absolute Gasteiger partial charge is 0.306 e. The van der Waals surface area contributed by atoms with Gasteiger partial charge in [-0.3, -0.25) is 19.6 Å². The molecular weight excluding hydrogens is 393 g/mol. The highest BCUT2D eigenvalue weighted by Gasteiger charge is 2.20. The summed E-state index contributed by atoms with van der Waals surface area (Å²) < 4.78 is 43.0. The van der Waals surface area contributed by atoms with Crippen molar-refractivity contribution in [3.05, 3.63) is 71.4 Å².